The van der Waals surface area contributed by atoms with Gasteiger partial charge in [-0.3, -0.25) is 9.59 Å². The van der Waals surface area contributed by atoms with Gasteiger partial charge in [0.05, 0.1) is 29.9 Å². The molecule has 2 aliphatic rings. The van der Waals surface area contributed by atoms with Crippen LogP contribution >= 0.6 is 23.3 Å². The fourth-order valence-electron chi connectivity index (χ4n) is 4.01. The first-order chi connectivity index (χ1) is 16.5. The van der Waals surface area contributed by atoms with Crippen LogP contribution in [0.3, 0.4) is 0 Å². The highest BCUT2D eigenvalue weighted by Crippen LogP contribution is 2.38. The highest BCUT2D eigenvalue weighted by Gasteiger charge is 2.33. The van der Waals surface area contributed by atoms with Crippen molar-refractivity contribution in [2.24, 2.45) is 0 Å². The molecule has 0 saturated carbocycles. The van der Waals surface area contributed by atoms with Crippen LogP contribution in [-0.4, -0.2) is 33.7 Å². The summed E-state index contributed by atoms with van der Waals surface area (Å²) in [5, 5.41) is 15.2. The predicted molar refractivity (Wildman–Crippen MR) is 129 cm³/mol. The number of rotatable bonds is 4. The summed E-state index contributed by atoms with van der Waals surface area (Å²) in [6, 6.07) is 11.3. The molecule has 2 aliphatic heterocycles. The maximum absolute atomic E-state index is 14.3. The second kappa shape index (κ2) is 9.54. The highest BCUT2D eigenvalue weighted by molar-refractivity contribution is 7.97. The molecule has 7 nitrogen and oxygen atoms in total. The minimum Gasteiger partial charge on any atom is -0.347 e. The summed E-state index contributed by atoms with van der Waals surface area (Å²) in [7, 11) is 0. The number of nitrogens with one attached hydrogen (secondary N) is 2. The van der Waals surface area contributed by atoms with E-state index in [1.807, 2.05) is 12.1 Å². The van der Waals surface area contributed by atoms with Crippen LogP contribution in [0.1, 0.15) is 40.1 Å². The number of carbonyl (C=O) groups is 2. The minimum absolute atomic E-state index is 0.0317. The van der Waals surface area contributed by atoms with E-state index in [-0.39, 0.29) is 30.0 Å². The van der Waals surface area contributed by atoms with Gasteiger partial charge >= 0.3 is 0 Å². The number of anilines is 1. The Labute approximate surface area is 204 Å². The van der Waals surface area contributed by atoms with E-state index in [0.717, 1.165) is 35.6 Å². The van der Waals surface area contributed by atoms with E-state index in [9.17, 15) is 14.0 Å². The number of fused-ring (bicyclic) bond motifs is 2. The molecule has 1 aromatic heterocycles. The van der Waals surface area contributed by atoms with Crippen LogP contribution in [0, 0.1) is 17.1 Å². The largest absolute Gasteiger partial charge is 0.347 e. The molecule has 3 aromatic rings. The van der Waals surface area contributed by atoms with E-state index >= 15 is 0 Å². The van der Waals surface area contributed by atoms with Crippen LogP contribution in [0.2, 0.25) is 0 Å². The average Bonchev–Trinajstić information content (AvgIpc) is 3.26. The fraction of sp³-hybridized carbons (Fsp3) is 0.250. The minimum atomic E-state index is -0.509. The number of carbonyl (C=O) groups excluding carboxylic acids is 2. The Bertz CT molecular complexity index is 1320. The second-order valence-electron chi connectivity index (χ2n) is 8.06. The van der Waals surface area contributed by atoms with Crippen LogP contribution in [0.4, 0.5) is 10.1 Å². The Kier molecular flexibility index (Phi) is 6.32. The Morgan fingerprint density at radius 3 is 3.00 bits per heavy atom. The molecule has 10 heteroatoms. The zero-order chi connectivity index (χ0) is 23.7. The zero-order valence-electron chi connectivity index (χ0n) is 18.0. The average molecular weight is 494 g/mol. The smallest absolute Gasteiger partial charge is 0.251 e. The predicted octanol–water partition coefficient (Wildman–Crippen LogP) is 4.56. The van der Waals surface area contributed by atoms with Gasteiger partial charge in [0, 0.05) is 33.6 Å². The third kappa shape index (κ3) is 4.55. The molecule has 172 valence electrons. The molecule has 3 heterocycles. The molecule has 0 radical (unpaired) electrons. The number of hydrogen-bond acceptors (Lipinski definition) is 7. The molecule has 1 atom stereocenters. The van der Waals surface area contributed by atoms with Crippen molar-refractivity contribution in [3.8, 4) is 16.6 Å². The lowest BCUT2D eigenvalue weighted by atomic mass is 10.0. The Morgan fingerprint density at radius 2 is 2.18 bits per heavy atom. The molecule has 2 N–H and O–H groups in total. The summed E-state index contributed by atoms with van der Waals surface area (Å²) in [6.45, 7) is 1.11. The number of aromatic nitrogens is 1. The molecular formula is C24H20FN5O2S2. The number of benzene rings is 2. The van der Waals surface area contributed by atoms with Crippen molar-refractivity contribution in [2.45, 2.75) is 36.7 Å². The molecule has 0 unspecified atom stereocenters. The van der Waals surface area contributed by atoms with Crippen molar-refractivity contribution >= 4 is 40.8 Å². The molecule has 2 aromatic carbocycles. The summed E-state index contributed by atoms with van der Waals surface area (Å²) in [5.41, 5.74) is 1.66. The van der Waals surface area contributed by atoms with Crippen LogP contribution in [0.15, 0.2) is 47.5 Å². The Hall–Kier alpha value is -3.26. The lowest BCUT2D eigenvalue weighted by molar-refractivity contribution is -0.120. The topological polar surface area (TPSA) is 98.1 Å². The quantitative estimate of drug-likeness (QED) is 0.517. The van der Waals surface area contributed by atoms with Crippen LogP contribution < -0.4 is 10.6 Å². The van der Waals surface area contributed by atoms with Gasteiger partial charge in [0.15, 0.2) is 0 Å². The number of thiazole rings is 1. The first-order valence-electron chi connectivity index (χ1n) is 10.8. The van der Waals surface area contributed by atoms with Crippen molar-refractivity contribution in [1.29, 1.82) is 5.26 Å². The van der Waals surface area contributed by atoms with E-state index in [1.165, 1.54) is 23.5 Å². The van der Waals surface area contributed by atoms with Crippen LogP contribution in [0.5, 0.6) is 0 Å². The third-order valence-electron chi connectivity index (χ3n) is 5.78. The van der Waals surface area contributed by atoms with Crippen molar-refractivity contribution in [1.82, 2.24) is 14.6 Å². The first-order valence-corrected chi connectivity index (χ1v) is 12.4. The van der Waals surface area contributed by atoms with Crippen molar-refractivity contribution in [3.05, 3.63) is 64.4 Å². The van der Waals surface area contributed by atoms with Gasteiger partial charge in [0.25, 0.3) is 5.91 Å². The number of halogens is 1. The van der Waals surface area contributed by atoms with E-state index < -0.39 is 5.82 Å². The number of amides is 2. The highest BCUT2D eigenvalue weighted by atomic mass is 32.2. The molecule has 5 rings (SSSR count). The number of nitriles is 1. The van der Waals surface area contributed by atoms with Gasteiger partial charge < -0.3 is 10.6 Å². The maximum Gasteiger partial charge on any atom is 0.251 e. The summed E-state index contributed by atoms with van der Waals surface area (Å²) in [6.07, 6.45) is 4.55. The van der Waals surface area contributed by atoms with Gasteiger partial charge in [-0.2, -0.15) is 5.26 Å². The van der Waals surface area contributed by atoms with E-state index in [2.05, 4.69) is 19.9 Å². The van der Waals surface area contributed by atoms with E-state index in [4.69, 9.17) is 5.26 Å². The van der Waals surface area contributed by atoms with Gasteiger partial charge in [0.1, 0.15) is 10.8 Å². The van der Waals surface area contributed by atoms with Gasteiger partial charge in [-0.15, -0.1) is 11.3 Å². The third-order valence-corrected chi connectivity index (χ3v) is 8.03. The van der Waals surface area contributed by atoms with Crippen LogP contribution in [-0.2, 0) is 11.3 Å². The Morgan fingerprint density at radius 1 is 1.29 bits per heavy atom. The van der Waals surface area contributed by atoms with Gasteiger partial charge in [0.2, 0.25) is 5.91 Å². The molecule has 0 spiro atoms. The monoisotopic (exact) mass is 493 g/mol. The number of nitrogens with zero attached hydrogens (tertiary/aromatic N) is 3. The summed E-state index contributed by atoms with van der Waals surface area (Å²) < 4.78 is 16.4. The summed E-state index contributed by atoms with van der Waals surface area (Å²) in [4.78, 5) is 31.4. The molecule has 0 bridgehead atoms. The normalized spacial score (nSPS) is 17.6. The van der Waals surface area contributed by atoms with Crippen molar-refractivity contribution in [3.63, 3.8) is 0 Å². The molecular weight excluding hydrogens is 473 g/mol. The van der Waals surface area contributed by atoms with Gasteiger partial charge in [-0.1, -0.05) is 6.42 Å². The Balaban J connectivity index is 1.26. The molecule has 1 saturated heterocycles. The van der Waals surface area contributed by atoms with Gasteiger partial charge in [-0.25, -0.2) is 13.7 Å². The lowest BCUT2D eigenvalue weighted by Crippen LogP contribution is -2.41. The van der Waals surface area contributed by atoms with Crippen molar-refractivity contribution < 1.29 is 14.0 Å². The van der Waals surface area contributed by atoms with Gasteiger partial charge in [-0.05, 0) is 61.2 Å². The lowest BCUT2D eigenvalue weighted by Gasteiger charge is -2.30. The molecule has 2 amide bonds. The zero-order valence-corrected chi connectivity index (χ0v) is 19.6. The van der Waals surface area contributed by atoms with E-state index in [1.54, 1.807) is 36.3 Å². The summed E-state index contributed by atoms with van der Waals surface area (Å²) in [5.74, 6) is -0.815. The standard InChI is InChI=1S/C24H20FN5O2S2/c25-18-9-14(11-26)4-6-17(18)24-28-13-16(33-24)12-27-22(31)15-5-7-21-19(10-15)29-23(32)20-3-1-2-8-30(20)34-21/h4-7,9-10,13,20H,1-3,8,12H2,(H,27,31)(H,29,32)/t20-/m0/s1. The number of piperidine rings is 1. The van der Waals surface area contributed by atoms with E-state index in [0.29, 0.717) is 21.8 Å². The van der Waals surface area contributed by atoms with Crippen molar-refractivity contribution in [2.75, 3.05) is 11.9 Å². The maximum atomic E-state index is 14.3. The van der Waals surface area contributed by atoms with Crippen LogP contribution in [0.25, 0.3) is 10.6 Å². The fourth-order valence-corrected chi connectivity index (χ4v) is 6.03. The molecule has 34 heavy (non-hydrogen) atoms. The number of hydrogen-bond donors (Lipinski definition) is 2. The second-order valence-corrected chi connectivity index (χ2v) is 10.3. The first kappa shape index (κ1) is 22.5. The molecule has 1 fully saturated rings. The summed E-state index contributed by atoms with van der Waals surface area (Å²) >= 11 is 2.84. The SMILES string of the molecule is N#Cc1ccc(-c2ncc(CNC(=O)c3ccc4c(c3)NC(=O)[C@@H]3CCCCN3S4)s2)c(F)c1. The molecule has 0 aliphatic carbocycles.